The van der Waals surface area contributed by atoms with E-state index in [1.165, 1.54) is 7.11 Å². The molecule has 1 saturated heterocycles. The molecular formula is C12H15BrFNO. The van der Waals surface area contributed by atoms with Gasteiger partial charge in [-0.1, -0.05) is 0 Å². The molecule has 1 unspecified atom stereocenters. The molecule has 1 atom stereocenters. The average molecular weight is 288 g/mol. The number of methoxy groups -OCH3 is 1. The van der Waals surface area contributed by atoms with Gasteiger partial charge in [-0.25, -0.2) is 4.39 Å². The van der Waals surface area contributed by atoms with Crippen molar-refractivity contribution < 1.29 is 9.13 Å². The van der Waals surface area contributed by atoms with Crippen molar-refractivity contribution >= 4 is 15.9 Å². The van der Waals surface area contributed by atoms with Gasteiger partial charge in [-0.15, -0.1) is 0 Å². The van der Waals surface area contributed by atoms with Gasteiger partial charge in [0.2, 0.25) is 0 Å². The molecule has 0 bridgehead atoms. The minimum absolute atomic E-state index is 0.115. The molecule has 0 aromatic heterocycles. The van der Waals surface area contributed by atoms with E-state index >= 15 is 0 Å². The van der Waals surface area contributed by atoms with Crippen molar-refractivity contribution in [3.05, 3.63) is 28.0 Å². The van der Waals surface area contributed by atoms with Crippen molar-refractivity contribution in [3.63, 3.8) is 0 Å². The highest BCUT2D eigenvalue weighted by Gasteiger charge is 2.31. The van der Waals surface area contributed by atoms with Crippen LogP contribution in [0.4, 0.5) is 4.39 Å². The van der Waals surface area contributed by atoms with Crippen molar-refractivity contribution in [2.24, 2.45) is 0 Å². The van der Waals surface area contributed by atoms with E-state index in [0.717, 1.165) is 24.9 Å². The van der Waals surface area contributed by atoms with Crippen LogP contribution in [-0.4, -0.2) is 13.7 Å². The molecule has 1 N–H and O–H groups in total. The lowest BCUT2D eigenvalue weighted by molar-refractivity contribution is 0.379. The molecule has 1 heterocycles. The van der Waals surface area contributed by atoms with E-state index in [1.54, 1.807) is 6.07 Å². The summed E-state index contributed by atoms with van der Waals surface area (Å²) in [4.78, 5) is 0. The molecule has 4 heteroatoms. The molecule has 0 radical (unpaired) electrons. The molecule has 0 saturated carbocycles. The fourth-order valence-electron chi connectivity index (χ4n) is 2.21. The topological polar surface area (TPSA) is 21.3 Å². The maximum atomic E-state index is 13.8. The molecule has 0 aliphatic carbocycles. The van der Waals surface area contributed by atoms with Gasteiger partial charge in [-0.05, 0) is 59.9 Å². The number of hydrogen-bond acceptors (Lipinski definition) is 2. The van der Waals surface area contributed by atoms with E-state index in [1.807, 2.05) is 6.07 Å². The summed E-state index contributed by atoms with van der Waals surface area (Å²) in [6.45, 7) is 3.09. The summed E-state index contributed by atoms with van der Waals surface area (Å²) in [5.74, 6) is -0.0489. The first kappa shape index (κ1) is 11.9. The molecule has 1 aromatic carbocycles. The van der Waals surface area contributed by atoms with Crippen molar-refractivity contribution in [2.45, 2.75) is 25.3 Å². The molecule has 1 aliphatic rings. The monoisotopic (exact) mass is 287 g/mol. The molecule has 0 spiro atoms. The Hall–Kier alpha value is -0.610. The lowest BCUT2D eigenvalue weighted by atomic mass is 9.90. The maximum absolute atomic E-state index is 13.8. The second kappa shape index (κ2) is 4.34. The third-order valence-corrected chi connectivity index (χ3v) is 3.80. The Bertz CT molecular complexity index is 379. The van der Waals surface area contributed by atoms with Gasteiger partial charge in [0.15, 0.2) is 11.6 Å². The van der Waals surface area contributed by atoms with Crippen LogP contribution in [0.15, 0.2) is 16.6 Å². The number of benzene rings is 1. The number of ether oxygens (including phenoxy) is 1. The van der Waals surface area contributed by atoms with Gasteiger partial charge < -0.3 is 10.1 Å². The molecule has 2 rings (SSSR count). The predicted octanol–water partition coefficient (Wildman–Crippen LogP) is 3.20. The first-order valence-corrected chi connectivity index (χ1v) is 6.15. The van der Waals surface area contributed by atoms with E-state index in [4.69, 9.17) is 4.74 Å². The first-order valence-electron chi connectivity index (χ1n) is 5.35. The predicted molar refractivity (Wildman–Crippen MR) is 65.2 cm³/mol. The summed E-state index contributed by atoms with van der Waals surface area (Å²) < 4.78 is 19.4. The van der Waals surface area contributed by atoms with Crippen LogP contribution in [0.2, 0.25) is 0 Å². The standard InChI is InChI=1S/C12H15BrFNO/c1-12(4-3-5-15-12)8-6-9(13)11(16-2)10(14)7-8/h6-7,15H,3-5H2,1-2H3. The second-order valence-corrected chi connectivity index (χ2v) is 5.19. The zero-order valence-electron chi connectivity index (χ0n) is 9.44. The molecule has 16 heavy (non-hydrogen) atoms. The summed E-state index contributed by atoms with van der Waals surface area (Å²) in [5, 5.41) is 3.41. The quantitative estimate of drug-likeness (QED) is 0.902. The first-order chi connectivity index (χ1) is 7.57. The van der Waals surface area contributed by atoms with Gasteiger partial charge in [0.05, 0.1) is 11.6 Å². The molecular weight excluding hydrogens is 273 g/mol. The number of nitrogens with one attached hydrogen (secondary N) is 1. The van der Waals surface area contributed by atoms with Gasteiger partial charge in [-0.2, -0.15) is 0 Å². The summed E-state index contributed by atoms with van der Waals surface area (Å²) in [6, 6.07) is 3.49. The van der Waals surface area contributed by atoms with Gasteiger partial charge in [-0.3, -0.25) is 0 Å². The Morgan fingerprint density at radius 2 is 2.25 bits per heavy atom. The number of hydrogen-bond donors (Lipinski definition) is 1. The van der Waals surface area contributed by atoms with Gasteiger partial charge >= 0.3 is 0 Å². The minimum atomic E-state index is -0.318. The van der Waals surface area contributed by atoms with E-state index < -0.39 is 0 Å². The molecule has 2 nitrogen and oxygen atoms in total. The highest BCUT2D eigenvalue weighted by atomic mass is 79.9. The number of rotatable bonds is 2. The van der Waals surface area contributed by atoms with Gasteiger partial charge in [0.25, 0.3) is 0 Å². The number of halogens is 2. The molecule has 1 aliphatic heterocycles. The summed E-state index contributed by atoms with van der Waals surface area (Å²) in [7, 11) is 1.47. The van der Waals surface area contributed by atoms with E-state index in [9.17, 15) is 4.39 Å². The van der Waals surface area contributed by atoms with E-state index in [2.05, 4.69) is 28.2 Å². The van der Waals surface area contributed by atoms with E-state index in [0.29, 0.717) is 4.47 Å². The van der Waals surface area contributed by atoms with Crippen LogP contribution in [0.5, 0.6) is 5.75 Å². The Morgan fingerprint density at radius 3 is 2.75 bits per heavy atom. The lowest BCUT2D eigenvalue weighted by Crippen LogP contribution is -2.33. The second-order valence-electron chi connectivity index (χ2n) is 4.34. The van der Waals surface area contributed by atoms with Crippen LogP contribution < -0.4 is 10.1 Å². The SMILES string of the molecule is COc1c(F)cc(C2(C)CCCN2)cc1Br. The Kier molecular flexibility index (Phi) is 3.22. The Labute approximate surface area is 103 Å². The van der Waals surface area contributed by atoms with Crippen LogP contribution in [0.25, 0.3) is 0 Å². The summed E-state index contributed by atoms with van der Waals surface area (Å²) in [5.41, 5.74) is 0.852. The fraction of sp³-hybridized carbons (Fsp3) is 0.500. The Balaban J connectivity index is 2.43. The molecule has 0 amide bonds. The van der Waals surface area contributed by atoms with Gasteiger partial charge in [0.1, 0.15) is 0 Å². The Morgan fingerprint density at radius 1 is 1.50 bits per heavy atom. The maximum Gasteiger partial charge on any atom is 0.168 e. The van der Waals surface area contributed by atoms with Crippen LogP contribution in [0, 0.1) is 5.82 Å². The van der Waals surface area contributed by atoms with Crippen molar-refractivity contribution in [1.82, 2.24) is 5.32 Å². The van der Waals surface area contributed by atoms with Crippen molar-refractivity contribution in [1.29, 1.82) is 0 Å². The molecule has 1 fully saturated rings. The molecule has 1 aromatic rings. The minimum Gasteiger partial charge on any atom is -0.492 e. The van der Waals surface area contributed by atoms with Crippen molar-refractivity contribution in [3.8, 4) is 5.75 Å². The van der Waals surface area contributed by atoms with Crippen LogP contribution in [0.3, 0.4) is 0 Å². The van der Waals surface area contributed by atoms with Crippen LogP contribution in [-0.2, 0) is 5.54 Å². The lowest BCUT2D eigenvalue weighted by Gasteiger charge is -2.25. The van der Waals surface area contributed by atoms with Crippen LogP contribution >= 0.6 is 15.9 Å². The smallest absolute Gasteiger partial charge is 0.168 e. The zero-order valence-corrected chi connectivity index (χ0v) is 11.0. The highest BCUT2D eigenvalue weighted by molar-refractivity contribution is 9.10. The van der Waals surface area contributed by atoms with E-state index in [-0.39, 0.29) is 17.1 Å². The average Bonchev–Trinajstić information content (AvgIpc) is 2.66. The molecule has 88 valence electrons. The van der Waals surface area contributed by atoms with Crippen molar-refractivity contribution in [2.75, 3.05) is 13.7 Å². The third-order valence-electron chi connectivity index (χ3n) is 3.21. The summed E-state index contributed by atoms with van der Waals surface area (Å²) >= 11 is 3.34. The van der Waals surface area contributed by atoms with Gasteiger partial charge in [0, 0.05) is 5.54 Å². The third kappa shape index (κ3) is 1.96. The summed E-state index contributed by atoms with van der Waals surface area (Å²) in [6.07, 6.45) is 2.16. The largest absolute Gasteiger partial charge is 0.492 e. The zero-order chi connectivity index (χ0) is 11.8. The fourth-order valence-corrected chi connectivity index (χ4v) is 2.81. The van der Waals surface area contributed by atoms with Crippen LogP contribution in [0.1, 0.15) is 25.3 Å². The highest BCUT2D eigenvalue weighted by Crippen LogP contribution is 2.36. The normalized spacial score (nSPS) is 24.8.